The third-order valence-corrected chi connectivity index (χ3v) is 5.00. The monoisotopic (exact) mass is 432 g/mol. The summed E-state index contributed by atoms with van der Waals surface area (Å²) in [4.78, 5) is 17.0. The highest BCUT2D eigenvalue weighted by Crippen LogP contribution is 2.24. The average Bonchev–Trinajstić information content (AvgIpc) is 3.14. The Kier molecular flexibility index (Phi) is 6.05. The number of aryl methyl sites for hydroxylation is 2. The summed E-state index contributed by atoms with van der Waals surface area (Å²) in [6.45, 7) is 4.21. The number of hydrogen-bond donors (Lipinski definition) is 1. The lowest BCUT2D eigenvalue weighted by molar-refractivity contribution is 0.102. The molecule has 0 spiro atoms. The molecule has 0 aliphatic rings. The molecule has 0 saturated heterocycles. The number of anilines is 1. The van der Waals surface area contributed by atoms with Gasteiger partial charge in [0, 0.05) is 21.8 Å². The van der Waals surface area contributed by atoms with Gasteiger partial charge in [-0.2, -0.15) is 0 Å². The van der Waals surface area contributed by atoms with Crippen LogP contribution in [-0.2, 0) is 6.61 Å². The Bertz CT molecular complexity index is 1200. The molecule has 0 unspecified atom stereocenters. The number of oxazole rings is 1. The highest BCUT2D eigenvalue weighted by Gasteiger charge is 2.13. The summed E-state index contributed by atoms with van der Waals surface area (Å²) >= 11 is 5.96. The lowest BCUT2D eigenvalue weighted by Gasteiger charge is -2.06. The predicted octanol–water partition coefficient (Wildman–Crippen LogP) is 6.44. The van der Waals surface area contributed by atoms with Gasteiger partial charge < -0.3 is 14.5 Å². The average molecular weight is 433 g/mol. The van der Waals surface area contributed by atoms with E-state index in [0.717, 1.165) is 17.0 Å². The van der Waals surface area contributed by atoms with Crippen molar-refractivity contribution in [2.24, 2.45) is 0 Å². The minimum atomic E-state index is -0.218. The lowest BCUT2D eigenvalue weighted by atomic mass is 10.1. The first kappa shape index (κ1) is 20.7. The molecule has 5 nitrogen and oxygen atoms in total. The molecule has 1 amide bonds. The molecule has 0 atom stereocenters. The summed E-state index contributed by atoms with van der Waals surface area (Å²) in [7, 11) is 0. The maximum absolute atomic E-state index is 12.5. The summed E-state index contributed by atoms with van der Waals surface area (Å²) in [5.41, 5.74) is 3.86. The van der Waals surface area contributed by atoms with E-state index in [2.05, 4.69) is 10.3 Å². The van der Waals surface area contributed by atoms with E-state index in [1.54, 1.807) is 36.4 Å². The van der Waals surface area contributed by atoms with Crippen LogP contribution in [0, 0.1) is 13.8 Å². The van der Waals surface area contributed by atoms with Gasteiger partial charge in [0.25, 0.3) is 5.91 Å². The van der Waals surface area contributed by atoms with Crippen LogP contribution in [0.4, 0.5) is 5.69 Å². The highest BCUT2D eigenvalue weighted by molar-refractivity contribution is 6.31. The van der Waals surface area contributed by atoms with Gasteiger partial charge in [-0.1, -0.05) is 35.4 Å². The third-order valence-electron chi connectivity index (χ3n) is 4.77. The Balaban J connectivity index is 1.43. The van der Waals surface area contributed by atoms with Crippen molar-refractivity contribution in [3.05, 3.63) is 100 Å². The van der Waals surface area contributed by atoms with Crippen molar-refractivity contribution in [1.82, 2.24) is 4.98 Å². The summed E-state index contributed by atoms with van der Waals surface area (Å²) < 4.78 is 11.6. The Morgan fingerprint density at radius 3 is 2.48 bits per heavy atom. The molecular formula is C25H21ClN2O3. The number of halogens is 1. The van der Waals surface area contributed by atoms with Gasteiger partial charge in [0.15, 0.2) is 0 Å². The van der Waals surface area contributed by atoms with Crippen molar-refractivity contribution in [3.63, 3.8) is 0 Å². The van der Waals surface area contributed by atoms with Crippen LogP contribution in [-0.4, -0.2) is 10.9 Å². The standard InChI is InChI=1S/C25H21ClN2O3/c1-16-6-12-22(13-7-16)30-15-23-17(2)31-25(28-23)19-10-8-18(9-11-19)24(29)27-21-5-3-4-20(26)14-21/h3-14H,15H2,1-2H3,(H,27,29). The van der Waals surface area contributed by atoms with Crippen LogP contribution in [0.1, 0.15) is 27.4 Å². The van der Waals surface area contributed by atoms with E-state index in [1.165, 1.54) is 5.56 Å². The third kappa shape index (κ3) is 5.13. The Hall–Kier alpha value is -3.57. The zero-order valence-corrected chi connectivity index (χ0v) is 17.9. The Labute approximate surface area is 185 Å². The summed E-state index contributed by atoms with van der Waals surface area (Å²) in [5.74, 6) is 1.75. The number of benzene rings is 3. The van der Waals surface area contributed by atoms with Crippen LogP contribution in [0.2, 0.25) is 5.02 Å². The first-order valence-corrected chi connectivity index (χ1v) is 10.2. The second-order valence-electron chi connectivity index (χ2n) is 7.17. The number of carbonyl (C=O) groups excluding carboxylic acids is 1. The Morgan fingerprint density at radius 1 is 1.03 bits per heavy atom. The van der Waals surface area contributed by atoms with Gasteiger partial charge in [-0.05, 0) is 68.4 Å². The van der Waals surface area contributed by atoms with E-state index < -0.39 is 0 Å². The first-order valence-electron chi connectivity index (χ1n) is 9.81. The largest absolute Gasteiger partial charge is 0.487 e. The topological polar surface area (TPSA) is 64.4 Å². The molecule has 31 heavy (non-hydrogen) atoms. The number of ether oxygens (including phenoxy) is 1. The number of nitrogens with one attached hydrogen (secondary N) is 1. The van der Waals surface area contributed by atoms with Gasteiger partial charge in [0.2, 0.25) is 5.89 Å². The van der Waals surface area contributed by atoms with Crippen molar-refractivity contribution >= 4 is 23.2 Å². The molecule has 1 N–H and O–H groups in total. The number of amides is 1. The summed E-state index contributed by atoms with van der Waals surface area (Å²) in [6.07, 6.45) is 0. The van der Waals surface area contributed by atoms with E-state index in [1.807, 2.05) is 50.2 Å². The van der Waals surface area contributed by atoms with Crippen molar-refractivity contribution < 1.29 is 13.9 Å². The predicted molar refractivity (Wildman–Crippen MR) is 122 cm³/mol. The minimum Gasteiger partial charge on any atom is -0.487 e. The van der Waals surface area contributed by atoms with Gasteiger partial charge in [0.05, 0.1) is 0 Å². The van der Waals surface area contributed by atoms with Gasteiger partial charge in [-0.15, -0.1) is 0 Å². The van der Waals surface area contributed by atoms with E-state index in [0.29, 0.717) is 34.5 Å². The molecule has 0 saturated carbocycles. The minimum absolute atomic E-state index is 0.218. The van der Waals surface area contributed by atoms with E-state index in [9.17, 15) is 4.79 Å². The van der Waals surface area contributed by atoms with Crippen LogP contribution < -0.4 is 10.1 Å². The fourth-order valence-corrected chi connectivity index (χ4v) is 3.20. The number of nitrogens with zero attached hydrogens (tertiary/aromatic N) is 1. The van der Waals surface area contributed by atoms with Gasteiger partial charge >= 0.3 is 0 Å². The van der Waals surface area contributed by atoms with Crippen LogP contribution >= 0.6 is 11.6 Å². The van der Waals surface area contributed by atoms with Gasteiger partial charge in [-0.3, -0.25) is 4.79 Å². The zero-order valence-electron chi connectivity index (χ0n) is 17.2. The molecule has 156 valence electrons. The molecule has 0 aliphatic heterocycles. The number of carbonyl (C=O) groups is 1. The number of hydrogen-bond acceptors (Lipinski definition) is 4. The normalized spacial score (nSPS) is 10.7. The molecule has 6 heteroatoms. The first-order chi connectivity index (χ1) is 15.0. The quantitative estimate of drug-likeness (QED) is 0.380. The zero-order chi connectivity index (χ0) is 21.8. The summed E-state index contributed by atoms with van der Waals surface area (Å²) in [5, 5.41) is 3.39. The lowest BCUT2D eigenvalue weighted by Crippen LogP contribution is -2.11. The number of rotatable bonds is 6. The van der Waals surface area contributed by atoms with E-state index in [-0.39, 0.29) is 5.91 Å². The molecule has 1 aromatic heterocycles. The molecule has 0 fully saturated rings. The van der Waals surface area contributed by atoms with E-state index in [4.69, 9.17) is 20.8 Å². The van der Waals surface area contributed by atoms with Gasteiger partial charge in [-0.25, -0.2) is 4.98 Å². The molecule has 1 heterocycles. The maximum atomic E-state index is 12.5. The van der Waals surface area contributed by atoms with Gasteiger partial charge in [0.1, 0.15) is 23.8 Å². The van der Waals surface area contributed by atoms with Crippen molar-refractivity contribution in [2.75, 3.05) is 5.32 Å². The van der Waals surface area contributed by atoms with Crippen LogP contribution in [0.5, 0.6) is 5.75 Å². The van der Waals surface area contributed by atoms with E-state index >= 15 is 0 Å². The fourth-order valence-electron chi connectivity index (χ4n) is 3.01. The maximum Gasteiger partial charge on any atom is 0.255 e. The molecule has 0 bridgehead atoms. The van der Waals surface area contributed by atoms with Crippen LogP contribution in [0.15, 0.2) is 77.2 Å². The van der Waals surface area contributed by atoms with Crippen molar-refractivity contribution in [2.45, 2.75) is 20.5 Å². The molecule has 0 aliphatic carbocycles. The van der Waals surface area contributed by atoms with Crippen LogP contribution in [0.3, 0.4) is 0 Å². The molecule has 4 rings (SSSR count). The van der Waals surface area contributed by atoms with Crippen LogP contribution in [0.25, 0.3) is 11.5 Å². The Morgan fingerprint density at radius 2 is 1.77 bits per heavy atom. The molecule has 0 radical (unpaired) electrons. The molecule has 4 aromatic rings. The summed E-state index contributed by atoms with van der Waals surface area (Å²) in [6, 6.07) is 22.0. The molecule has 3 aromatic carbocycles. The second-order valence-corrected chi connectivity index (χ2v) is 7.60. The number of aromatic nitrogens is 1. The molecular weight excluding hydrogens is 412 g/mol. The SMILES string of the molecule is Cc1ccc(OCc2nc(-c3ccc(C(=O)Nc4cccc(Cl)c4)cc3)oc2C)cc1. The van der Waals surface area contributed by atoms with Crippen molar-refractivity contribution in [1.29, 1.82) is 0 Å². The highest BCUT2D eigenvalue weighted by atomic mass is 35.5. The second kappa shape index (κ2) is 9.06. The van der Waals surface area contributed by atoms with Crippen molar-refractivity contribution in [3.8, 4) is 17.2 Å². The fraction of sp³-hybridized carbons (Fsp3) is 0.120. The smallest absolute Gasteiger partial charge is 0.255 e.